The Bertz CT molecular complexity index is 761. The van der Waals surface area contributed by atoms with Gasteiger partial charge in [-0.05, 0) is 49.8 Å². The first-order valence-electron chi connectivity index (χ1n) is 9.59. The van der Waals surface area contributed by atoms with Crippen LogP contribution < -0.4 is 10.6 Å². The molecule has 0 saturated carbocycles. The van der Waals surface area contributed by atoms with Gasteiger partial charge >= 0.3 is 0 Å². The van der Waals surface area contributed by atoms with E-state index in [0.717, 1.165) is 23.1 Å². The number of nitrogens with one attached hydrogen (secondary N) is 2. The maximum Gasteiger partial charge on any atom is 0.251 e. The topological polar surface area (TPSA) is 61.4 Å². The van der Waals surface area contributed by atoms with E-state index in [2.05, 4.69) is 57.4 Å². The Morgan fingerprint density at radius 2 is 1.61 bits per heavy atom. The Balaban J connectivity index is 1.97. The zero-order valence-electron chi connectivity index (χ0n) is 16.6. The van der Waals surface area contributed by atoms with Gasteiger partial charge in [-0.3, -0.25) is 14.5 Å². The molecule has 2 N–H and O–H groups in total. The highest BCUT2D eigenvalue weighted by Crippen LogP contribution is 2.19. The van der Waals surface area contributed by atoms with Crippen molar-refractivity contribution in [2.24, 2.45) is 0 Å². The van der Waals surface area contributed by atoms with Crippen LogP contribution in [0.5, 0.6) is 0 Å². The highest BCUT2D eigenvalue weighted by atomic mass is 79.9. The standard InChI is InChI=1S/C22H28BrN3O2/c1-4-26(5-2)20(17-9-7-6-8-10-17)15-24-21(27)16(3)25-22(28)18-11-13-19(23)14-12-18/h6-14,16,20H,4-5,15H2,1-3H3,(H,24,27)(H,25,28). The summed E-state index contributed by atoms with van der Waals surface area (Å²) >= 11 is 3.35. The summed E-state index contributed by atoms with van der Waals surface area (Å²) in [5.41, 5.74) is 1.69. The number of hydrogen-bond donors (Lipinski definition) is 2. The second-order valence-electron chi connectivity index (χ2n) is 6.59. The molecule has 0 aliphatic heterocycles. The second kappa shape index (κ2) is 11.0. The minimum absolute atomic E-state index is 0.0922. The number of hydrogen-bond acceptors (Lipinski definition) is 3. The SMILES string of the molecule is CCN(CC)C(CNC(=O)C(C)NC(=O)c1ccc(Br)cc1)c1ccccc1. The zero-order valence-corrected chi connectivity index (χ0v) is 18.2. The van der Waals surface area contributed by atoms with Gasteiger partial charge in [-0.2, -0.15) is 0 Å². The van der Waals surface area contributed by atoms with Gasteiger partial charge in [-0.25, -0.2) is 0 Å². The number of likely N-dealkylation sites (N-methyl/N-ethyl adjacent to an activating group) is 1. The minimum atomic E-state index is -0.621. The fourth-order valence-electron chi connectivity index (χ4n) is 3.09. The van der Waals surface area contributed by atoms with E-state index in [0.29, 0.717) is 12.1 Å². The zero-order chi connectivity index (χ0) is 20.5. The van der Waals surface area contributed by atoms with E-state index in [-0.39, 0.29) is 17.9 Å². The van der Waals surface area contributed by atoms with Gasteiger partial charge in [0.2, 0.25) is 5.91 Å². The fourth-order valence-corrected chi connectivity index (χ4v) is 3.36. The van der Waals surface area contributed by atoms with Gasteiger partial charge in [-0.15, -0.1) is 0 Å². The van der Waals surface area contributed by atoms with Crippen molar-refractivity contribution in [3.63, 3.8) is 0 Å². The lowest BCUT2D eigenvalue weighted by Gasteiger charge is -2.30. The molecular formula is C22H28BrN3O2. The molecule has 0 aliphatic rings. The van der Waals surface area contributed by atoms with Gasteiger partial charge in [0.1, 0.15) is 6.04 Å². The first kappa shape index (κ1) is 22.1. The van der Waals surface area contributed by atoms with Crippen LogP contribution in [0.15, 0.2) is 59.1 Å². The molecule has 2 unspecified atom stereocenters. The van der Waals surface area contributed by atoms with Crippen LogP contribution in [0.3, 0.4) is 0 Å². The lowest BCUT2D eigenvalue weighted by Crippen LogP contribution is -2.47. The van der Waals surface area contributed by atoms with Crippen molar-refractivity contribution in [3.8, 4) is 0 Å². The van der Waals surface area contributed by atoms with E-state index in [1.807, 2.05) is 18.2 Å². The number of nitrogens with zero attached hydrogens (tertiary/aromatic N) is 1. The maximum atomic E-state index is 12.5. The molecule has 0 radical (unpaired) electrons. The van der Waals surface area contributed by atoms with E-state index >= 15 is 0 Å². The molecule has 0 heterocycles. The Morgan fingerprint density at radius 3 is 2.18 bits per heavy atom. The van der Waals surface area contributed by atoms with Gasteiger partial charge in [0.25, 0.3) is 5.91 Å². The largest absolute Gasteiger partial charge is 0.352 e. The normalized spacial score (nSPS) is 13.0. The molecule has 6 heteroatoms. The van der Waals surface area contributed by atoms with E-state index in [1.54, 1.807) is 31.2 Å². The number of rotatable bonds is 9. The number of amides is 2. The first-order valence-corrected chi connectivity index (χ1v) is 10.4. The van der Waals surface area contributed by atoms with Crippen molar-refractivity contribution in [1.29, 1.82) is 0 Å². The number of carbonyl (C=O) groups excluding carboxylic acids is 2. The third-order valence-corrected chi connectivity index (χ3v) is 5.28. The molecule has 2 rings (SSSR count). The van der Waals surface area contributed by atoms with Crippen LogP contribution in [0, 0.1) is 0 Å². The number of carbonyl (C=O) groups is 2. The summed E-state index contributed by atoms with van der Waals surface area (Å²) in [7, 11) is 0. The van der Waals surface area contributed by atoms with E-state index < -0.39 is 6.04 Å². The monoisotopic (exact) mass is 445 g/mol. The predicted octanol–water partition coefficient (Wildman–Crippen LogP) is 3.77. The average molecular weight is 446 g/mol. The van der Waals surface area contributed by atoms with Crippen molar-refractivity contribution in [3.05, 3.63) is 70.2 Å². The van der Waals surface area contributed by atoms with Gasteiger partial charge in [0.05, 0.1) is 6.04 Å². The molecule has 0 aliphatic carbocycles. The van der Waals surface area contributed by atoms with Crippen LogP contribution in [0.4, 0.5) is 0 Å². The molecule has 5 nitrogen and oxygen atoms in total. The third-order valence-electron chi connectivity index (χ3n) is 4.75. The summed E-state index contributed by atoms with van der Waals surface area (Å²) in [4.78, 5) is 27.2. The van der Waals surface area contributed by atoms with Crippen molar-refractivity contribution in [2.45, 2.75) is 32.9 Å². The van der Waals surface area contributed by atoms with E-state index in [1.165, 1.54) is 0 Å². The molecule has 28 heavy (non-hydrogen) atoms. The van der Waals surface area contributed by atoms with Crippen LogP contribution >= 0.6 is 15.9 Å². The summed E-state index contributed by atoms with van der Waals surface area (Å²) in [6, 6.07) is 16.7. The predicted molar refractivity (Wildman–Crippen MR) is 116 cm³/mol. The molecule has 2 aromatic rings. The van der Waals surface area contributed by atoms with Crippen LogP contribution in [0.25, 0.3) is 0 Å². The number of halogens is 1. The van der Waals surface area contributed by atoms with Crippen molar-refractivity contribution < 1.29 is 9.59 Å². The Kier molecular flexibility index (Phi) is 8.67. The van der Waals surface area contributed by atoms with Crippen LogP contribution in [0.2, 0.25) is 0 Å². The Morgan fingerprint density at radius 1 is 1.00 bits per heavy atom. The molecule has 2 atom stereocenters. The molecular weight excluding hydrogens is 418 g/mol. The number of benzene rings is 2. The van der Waals surface area contributed by atoms with Gasteiger partial charge < -0.3 is 10.6 Å². The highest BCUT2D eigenvalue weighted by Gasteiger charge is 2.21. The van der Waals surface area contributed by atoms with Gasteiger partial charge in [-0.1, -0.05) is 60.1 Å². The van der Waals surface area contributed by atoms with Crippen molar-refractivity contribution >= 4 is 27.7 Å². The molecule has 2 aromatic carbocycles. The van der Waals surface area contributed by atoms with Gasteiger partial charge in [0.15, 0.2) is 0 Å². The lowest BCUT2D eigenvalue weighted by molar-refractivity contribution is -0.122. The highest BCUT2D eigenvalue weighted by molar-refractivity contribution is 9.10. The molecule has 0 bridgehead atoms. The van der Waals surface area contributed by atoms with E-state index in [9.17, 15) is 9.59 Å². The summed E-state index contributed by atoms with van der Waals surface area (Å²) in [6.07, 6.45) is 0. The van der Waals surface area contributed by atoms with Crippen LogP contribution in [-0.4, -0.2) is 42.4 Å². The lowest BCUT2D eigenvalue weighted by atomic mass is 10.0. The molecule has 0 saturated heterocycles. The van der Waals surface area contributed by atoms with Crippen LogP contribution in [-0.2, 0) is 4.79 Å². The van der Waals surface area contributed by atoms with Crippen LogP contribution in [0.1, 0.15) is 42.7 Å². The van der Waals surface area contributed by atoms with E-state index in [4.69, 9.17) is 0 Å². The summed E-state index contributed by atoms with van der Waals surface area (Å²) < 4.78 is 0.901. The summed E-state index contributed by atoms with van der Waals surface area (Å²) in [5, 5.41) is 5.75. The molecule has 0 spiro atoms. The molecule has 2 amide bonds. The van der Waals surface area contributed by atoms with Crippen molar-refractivity contribution in [1.82, 2.24) is 15.5 Å². The minimum Gasteiger partial charge on any atom is -0.352 e. The average Bonchev–Trinajstić information content (AvgIpc) is 2.71. The Labute approximate surface area is 175 Å². The first-order chi connectivity index (χ1) is 13.5. The smallest absolute Gasteiger partial charge is 0.251 e. The molecule has 0 aromatic heterocycles. The summed E-state index contributed by atoms with van der Waals surface area (Å²) in [5.74, 6) is -0.461. The second-order valence-corrected chi connectivity index (χ2v) is 7.51. The Hall–Kier alpha value is -2.18. The summed E-state index contributed by atoms with van der Waals surface area (Å²) in [6.45, 7) is 8.19. The quantitative estimate of drug-likeness (QED) is 0.617. The third kappa shape index (κ3) is 6.17. The maximum absolute atomic E-state index is 12.5. The fraction of sp³-hybridized carbons (Fsp3) is 0.364. The molecule has 0 fully saturated rings. The van der Waals surface area contributed by atoms with Crippen molar-refractivity contribution in [2.75, 3.05) is 19.6 Å². The molecule has 150 valence electrons. The van der Waals surface area contributed by atoms with Gasteiger partial charge in [0, 0.05) is 16.6 Å².